The second-order valence-corrected chi connectivity index (χ2v) is 3.12. The first-order valence-corrected chi connectivity index (χ1v) is 4.90. The number of nitrogens with zero attached hydrogens (tertiary/aromatic N) is 2. The van der Waals surface area contributed by atoms with E-state index in [-0.39, 0.29) is 11.9 Å². The summed E-state index contributed by atoms with van der Waals surface area (Å²) in [5.74, 6) is -0.187. The molecule has 4 heteroatoms. The Morgan fingerprint density at radius 3 is 2.86 bits per heavy atom. The Morgan fingerprint density at radius 2 is 2.36 bits per heavy atom. The molecule has 0 bridgehead atoms. The molecule has 1 aromatic rings. The van der Waals surface area contributed by atoms with Crippen molar-refractivity contribution in [1.82, 2.24) is 9.55 Å². The summed E-state index contributed by atoms with van der Waals surface area (Å²) in [5, 5.41) is 0. The molecule has 0 radical (unpaired) electrons. The molecule has 78 valence electrons. The Kier molecular flexibility index (Phi) is 4.16. The molecular formula is C10H16N2O2. The number of carbonyl (C=O) groups excluding carboxylic acids is 1. The molecule has 0 N–H and O–H groups in total. The van der Waals surface area contributed by atoms with Crippen molar-refractivity contribution in [2.24, 2.45) is 5.92 Å². The molecule has 0 saturated carbocycles. The zero-order valence-corrected chi connectivity index (χ0v) is 8.64. The molecule has 4 nitrogen and oxygen atoms in total. The third-order valence-electron chi connectivity index (χ3n) is 2.10. The molecule has 1 atom stereocenters. The fourth-order valence-electron chi connectivity index (χ4n) is 1.28. The maximum Gasteiger partial charge on any atom is 0.310 e. The fraction of sp³-hybridized carbons (Fsp3) is 0.600. The molecule has 0 spiro atoms. The van der Waals surface area contributed by atoms with E-state index in [0.29, 0.717) is 13.2 Å². The highest BCUT2D eigenvalue weighted by atomic mass is 16.5. The molecule has 14 heavy (non-hydrogen) atoms. The van der Waals surface area contributed by atoms with Crippen LogP contribution in [-0.4, -0.2) is 22.1 Å². The highest BCUT2D eigenvalue weighted by Gasteiger charge is 2.17. The summed E-state index contributed by atoms with van der Waals surface area (Å²) in [4.78, 5) is 15.4. The number of esters is 1. The van der Waals surface area contributed by atoms with E-state index in [1.165, 1.54) is 0 Å². The third-order valence-corrected chi connectivity index (χ3v) is 2.10. The number of carbonyl (C=O) groups is 1. The van der Waals surface area contributed by atoms with E-state index in [2.05, 4.69) is 4.98 Å². The molecule has 1 heterocycles. The Balaban J connectivity index is 2.50. The summed E-state index contributed by atoms with van der Waals surface area (Å²) in [5.41, 5.74) is 0. The lowest BCUT2D eigenvalue weighted by atomic mass is 10.1. The van der Waals surface area contributed by atoms with Crippen molar-refractivity contribution in [3.05, 3.63) is 18.7 Å². The van der Waals surface area contributed by atoms with Gasteiger partial charge in [0.2, 0.25) is 0 Å². The average molecular weight is 196 g/mol. The van der Waals surface area contributed by atoms with Crippen LogP contribution >= 0.6 is 0 Å². The minimum atomic E-state index is -0.122. The number of hydrogen-bond donors (Lipinski definition) is 0. The van der Waals surface area contributed by atoms with Crippen molar-refractivity contribution < 1.29 is 9.53 Å². The summed E-state index contributed by atoms with van der Waals surface area (Å²) in [7, 11) is 0. The van der Waals surface area contributed by atoms with Crippen molar-refractivity contribution in [2.45, 2.75) is 26.8 Å². The van der Waals surface area contributed by atoms with E-state index in [9.17, 15) is 4.79 Å². The molecular weight excluding hydrogens is 180 g/mol. The monoisotopic (exact) mass is 196 g/mol. The normalized spacial score (nSPS) is 12.4. The van der Waals surface area contributed by atoms with Gasteiger partial charge in [-0.25, -0.2) is 4.98 Å². The molecule has 0 saturated heterocycles. The third kappa shape index (κ3) is 2.87. The van der Waals surface area contributed by atoms with Crippen molar-refractivity contribution in [3.63, 3.8) is 0 Å². The number of aromatic nitrogens is 2. The molecule has 1 unspecified atom stereocenters. The van der Waals surface area contributed by atoms with Crippen molar-refractivity contribution in [1.29, 1.82) is 0 Å². The van der Waals surface area contributed by atoms with Crippen LogP contribution in [0, 0.1) is 5.92 Å². The smallest absolute Gasteiger partial charge is 0.310 e. The quantitative estimate of drug-likeness (QED) is 0.670. The minimum Gasteiger partial charge on any atom is -0.466 e. The van der Waals surface area contributed by atoms with E-state index >= 15 is 0 Å². The standard InChI is InChI=1S/C10H16N2O2/c1-3-9(10(13)14-4-2)7-12-6-5-11-8-12/h5-6,8-9H,3-4,7H2,1-2H3. The summed E-state index contributed by atoms with van der Waals surface area (Å²) < 4.78 is 6.86. The van der Waals surface area contributed by atoms with E-state index in [1.807, 2.05) is 24.6 Å². The number of rotatable bonds is 5. The van der Waals surface area contributed by atoms with Crippen LogP contribution in [0.4, 0.5) is 0 Å². The molecule has 0 aliphatic heterocycles. The van der Waals surface area contributed by atoms with E-state index < -0.39 is 0 Å². The first-order valence-electron chi connectivity index (χ1n) is 4.90. The Labute approximate surface area is 83.9 Å². The second kappa shape index (κ2) is 5.42. The molecule has 1 aromatic heterocycles. The Bertz CT molecular complexity index is 270. The van der Waals surface area contributed by atoms with Crippen LogP contribution < -0.4 is 0 Å². The lowest BCUT2D eigenvalue weighted by Crippen LogP contribution is -2.21. The fourth-order valence-corrected chi connectivity index (χ4v) is 1.28. The lowest BCUT2D eigenvalue weighted by molar-refractivity contribution is -0.148. The number of imidazole rings is 1. The molecule has 1 rings (SSSR count). The largest absolute Gasteiger partial charge is 0.466 e. The molecule has 0 amide bonds. The number of ether oxygens (including phenoxy) is 1. The average Bonchev–Trinajstić information content (AvgIpc) is 2.66. The van der Waals surface area contributed by atoms with Gasteiger partial charge in [-0.1, -0.05) is 6.92 Å². The molecule has 0 fully saturated rings. The van der Waals surface area contributed by atoms with Crippen LogP contribution in [0.25, 0.3) is 0 Å². The summed E-state index contributed by atoms with van der Waals surface area (Å²) in [6, 6.07) is 0. The summed E-state index contributed by atoms with van der Waals surface area (Å²) in [6.45, 7) is 4.90. The minimum absolute atomic E-state index is 0.0656. The van der Waals surface area contributed by atoms with E-state index in [4.69, 9.17) is 4.74 Å². The predicted molar refractivity (Wildman–Crippen MR) is 52.6 cm³/mol. The van der Waals surface area contributed by atoms with Crippen LogP contribution in [0.15, 0.2) is 18.7 Å². The van der Waals surface area contributed by atoms with Crippen molar-refractivity contribution >= 4 is 5.97 Å². The van der Waals surface area contributed by atoms with Gasteiger partial charge >= 0.3 is 5.97 Å². The Morgan fingerprint density at radius 1 is 1.57 bits per heavy atom. The van der Waals surface area contributed by atoms with E-state index in [0.717, 1.165) is 6.42 Å². The maximum atomic E-state index is 11.4. The second-order valence-electron chi connectivity index (χ2n) is 3.12. The van der Waals surface area contributed by atoms with Gasteiger partial charge in [-0.05, 0) is 13.3 Å². The van der Waals surface area contributed by atoms with Crippen LogP contribution in [0.1, 0.15) is 20.3 Å². The zero-order chi connectivity index (χ0) is 10.4. The van der Waals surface area contributed by atoms with Gasteiger partial charge in [-0.2, -0.15) is 0 Å². The highest BCUT2D eigenvalue weighted by Crippen LogP contribution is 2.08. The van der Waals surface area contributed by atoms with Crippen LogP contribution in [0.5, 0.6) is 0 Å². The summed E-state index contributed by atoms with van der Waals surface area (Å²) >= 11 is 0. The topological polar surface area (TPSA) is 44.1 Å². The Hall–Kier alpha value is -1.32. The van der Waals surface area contributed by atoms with Gasteiger partial charge in [0.1, 0.15) is 0 Å². The maximum absolute atomic E-state index is 11.4. The van der Waals surface area contributed by atoms with Gasteiger partial charge < -0.3 is 9.30 Å². The van der Waals surface area contributed by atoms with Gasteiger partial charge in [0, 0.05) is 18.9 Å². The SMILES string of the molecule is CCOC(=O)C(CC)Cn1ccnc1. The molecule has 0 aliphatic rings. The molecule has 0 aromatic carbocycles. The first-order chi connectivity index (χ1) is 6.77. The predicted octanol–water partition coefficient (Wildman–Crippen LogP) is 1.47. The van der Waals surface area contributed by atoms with Crippen molar-refractivity contribution in [3.8, 4) is 0 Å². The van der Waals surface area contributed by atoms with Gasteiger partial charge in [-0.3, -0.25) is 4.79 Å². The zero-order valence-electron chi connectivity index (χ0n) is 8.64. The first kappa shape index (κ1) is 10.8. The van der Waals surface area contributed by atoms with Gasteiger partial charge in [0.25, 0.3) is 0 Å². The van der Waals surface area contributed by atoms with E-state index in [1.54, 1.807) is 12.5 Å². The van der Waals surface area contributed by atoms with Crippen LogP contribution in [-0.2, 0) is 16.1 Å². The summed E-state index contributed by atoms with van der Waals surface area (Å²) in [6.07, 6.45) is 6.05. The van der Waals surface area contributed by atoms with Crippen LogP contribution in [0.3, 0.4) is 0 Å². The van der Waals surface area contributed by atoms with Gasteiger partial charge in [0.15, 0.2) is 0 Å². The number of hydrogen-bond acceptors (Lipinski definition) is 3. The van der Waals surface area contributed by atoms with Gasteiger partial charge in [-0.15, -0.1) is 0 Å². The van der Waals surface area contributed by atoms with Gasteiger partial charge in [0.05, 0.1) is 18.9 Å². The molecule has 0 aliphatic carbocycles. The highest BCUT2D eigenvalue weighted by molar-refractivity contribution is 5.72. The van der Waals surface area contributed by atoms with Crippen LogP contribution in [0.2, 0.25) is 0 Å². The lowest BCUT2D eigenvalue weighted by Gasteiger charge is -2.13. The van der Waals surface area contributed by atoms with Crippen molar-refractivity contribution in [2.75, 3.05) is 6.61 Å².